The van der Waals surface area contributed by atoms with Crippen LogP contribution in [0.25, 0.3) is 0 Å². The van der Waals surface area contributed by atoms with Crippen LogP contribution in [-0.2, 0) is 0 Å². The average molecular weight is 228 g/mol. The molecule has 0 aliphatic rings. The summed E-state index contributed by atoms with van der Waals surface area (Å²) in [5.41, 5.74) is 0. The molecule has 0 saturated carbocycles. The van der Waals surface area contributed by atoms with Crippen LogP contribution in [0.15, 0.2) is 12.1 Å². The molecular weight excluding hydrogens is 218 g/mol. The van der Waals surface area contributed by atoms with Crippen LogP contribution >= 0.6 is 22.9 Å². The van der Waals surface area contributed by atoms with Crippen molar-refractivity contribution in [3.8, 4) is 12.3 Å². The Hall–Kier alpha value is -0.980. The van der Waals surface area contributed by atoms with Crippen molar-refractivity contribution in [2.45, 2.75) is 19.4 Å². The number of hydrogen-bond donors (Lipinski definition) is 1. The molecule has 0 saturated heterocycles. The highest BCUT2D eigenvalue weighted by atomic mass is 35.5. The highest BCUT2D eigenvalue weighted by Crippen LogP contribution is 2.21. The third kappa shape index (κ3) is 2.76. The first-order valence-corrected chi connectivity index (χ1v) is 5.39. The second-order valence-electron chi connectivity index (χ2n) is 2.70. The fraction of sp³-hybridized carbons (Fsp3) is 0.300. The molecule has 0 bridgehead atoms. The second-order valence-corrected chi connectivity index (χ2v) is 4.42. The molecular formula is C10H10ClNOS. The lowest BCUT2D eigenvalue weighted by Crippen LogP contribution is -2.32. The fourth-order valence-corrected chi connectivity index (χ4v) is 1.87. The molecule has 0 spiro atoms. The molecule has 1 heterocycles. The van der Waals surface area contributed by atoms with Crippen molar-refractivity contribution in [2.75, 3.05) is 0 Å². The Kier molecular flexibility index (Phi) is 3.99. The van der Waals surface area contributed by atoms with Gasteiger partial charge in [0.15, 0.2) is 0 Å². The zero-order chi connectivity index (χ0) is 10.6. The number of amides is 1. The standard InChI is InChI=1S/C10H10ClNOS/c1-3-7(4-2)12-10(13)8-5-6-9(11)14-8/h1,5-7H,4H2,2H3,(H,12,13). The summed E-state index contributed by atoms with van der Waals surface area (Å²) in [6.45, 7) is 1.92. The maximum absolute atomic E-state index is 11.5. The molecule has 1 amide bonds. The lowest BCUT2D eigenvalue weighted by atomic mass is 10.2. The van der Waals surface area contributed by atoms with Crippen LogP contribution in [0, 0.1) is 12.3 Å². The molecule has 0 fully saturated rings. The molecule has 1 atom stereocenters. The largest absolute Gasteiger partial charge is 0.338 e. The van der Waals surface area contributed by atoms with E-state index in [0.29, 0.717) is 9.21 Å². The third-order valence-electron chi connectivity index (χ3n) is 1.71. The zero-order valence-electron chi connectivity index (χ0n) is 7.71. The molecule has 1 aromatic heterocycles. The predicted octanol–water partition coefficient (Wildman–Crippen LogP) is 2.54. The van der Waals surface area contributed by atoms with Gasteiger partial charge in [0.2, 0.25) is 0 Å². The van der Waals surface area contributed by atoms with Crippen LogP contribution in [0.1, 0.15) is 23.0 Å². The summed E-state index contributed by atoms with van der Waals surface area (Å²) in [7, 11) is 0. The van der Waals surface area contributed by atoms with Crippen LogP contribution < -0.4 is 5.32 Å². The van der Waals surface area contributed by atoms with Gasteiger partial charge in [-0.15, -0.1) is 17.8 Å². The number of terminal acetylenes is 1. The van der Waals surface area contributed by atoms with Gasteiger partial charge in [-0.05, 0) is 18.6 Å². The van der Waals surface area contributed by atoms with Crippen LogP contribution in [0.4, 0.5) is 0 Å². The summed E-state index contributed by atoms with van der Waals surface area (Å²) >= 11 is 6.95. The van der Waals surface area contributed by atoms with Crippen LogP contribution in [0.2, 0.25) is 4.34 Å². The van der Waals surface area contributed by atoms with E-state index in [-0.39, 0.29) is 11.9 Å². The van der Waals surface area contributed by atoms with Crippen LogP contribution in [0.5, 0.6) is 0 Å². The van der Waals surface area contributed by atoms with Gasteiger partial charge in [0, 0.05) is 0 Å². The first-order chi connectivity index (χ1) is 6.67. The Balaban J connectivity index is 2.64. The van der Waals surface area contributed by atoms with Gasteiger partial charge in [0.05, 0.1) is 15.3 Å². The molecule has 14 heavy (non-hydrogen) atoms. The zero-order valence-corrected chi connectivity index (χ0v) is 9.28. The molecule has 0 aliphatic carbocycles. The van der Waals surface area contributed by atoms with Crippen LogP contribution in [-0.4, -0.2) is 11.9 Å². The number of carbonyl (C=O) groups is 1. The predicted molar refractivity (Wildman–Crippen MR) is 59.7 cm³/mol. The van der Waals surface area contributed by atoms with Gasteiger partial charge >= 0.3 is 0 Å². The van der Waals surface area contributed by atoms with E-state index in [1.807, 2.05) is 6.92 Å². The molecule has 0 aliphatic heterocycles. The summed E-state index contributed by atoms with van der Waals surface area (Å²) in [5, 5.41) is 2.72. The molecule has 1 unspecified atom stereocenters. The lowest BCUT2D eigenvalue weighted by molar-refractivity contribution is 0.0949. The Morgan fingerprint density at radius 3 is 2.93 bits per heavy atom. The maximum atomic E-state index is 11.5. The van der Waals surface area contributed by atoms with Crippen molar-refractivity contribution >= 4 is 28.8 Å². The Morgan fingerprint density at radius 2 is 2.50 bits per heavy atom. The van der Waals surface area contributed by atoms with Gasteiger partial charge in [0.1, 0.15) is 0 Å². The van der Waals surface area contributed by atoms with E-state index >= 15 is 0 Å². The number of carbonyl (C=O) groups excluding carboxylic acids is 1. The third-order valence-corrected chi connectivity index (χ3v) is 2.94. The van der Waals surface area contributed by atoms with Gasteiger partial charge in [-0.3, -0.25) is 4.79 Å². The highest BCUT2D eigenvalue weighted by Gasteiger charge is 2.11. The van der Waals surface area contributed by atoms with E-state index in [4.69, 9.17) is 18.0 Å². The van der Waals surface area contributed by atoms with Crippen LogP contribution in [0.3, 0.4) is 0 Å². The minimum Gasteiger partial charge on any atom is -0.338 e. The fourth-order valence-electron chi connectivity index (χ4n) is 0.927. The second kappa shape index (κ2) is 5.04. The quantitative estimate of drug-likeness (QED) is 0.791. The van der Waals surface area contributed by atoms with Crippen molar-refractivity contribution in [1.29, 1.82) is 0 Å². The number of thiophene rings is 1. The summed E-state index contributed by atoms with van der Waals surface area (Å²) in [5.74, 6) is 2.34. The summed E-state index contributed by atoms with van der Waals surface area (Å²) in [6.07, 6.45) is 5.95. The van der Waals surface area contributed by atoms with E-state index in [1.54, 1.807) is 12.1 Å². The lowest BCUT2D eigenvalue weighted by Gasteiger charge is -2.08. The van der Waals surface area contributed by atoms with Gasteiger partial charge in [0.25, 0.3) is 5.91 Å². The molecule has 1 aromatic rings. The molecule has 74 valence electrons. The van der Waals surface area contributed by atoms with Crippen molar-refractivity contribution in [3.63, 3.8) is 0 Å². The van der Waals surface area contributed by atoms with E-state index in [1.165, 1.54) is 11.3 Å². The van der Waals surface area contributed by atoms with Gasteiger partial charge in [-0.1, -0.05) is 24.4 Å². The number of hydrogen-bond acceptors (Lipinski definition) is 2. The van der Waals surface area contributed by atoms with Gasteiger partial charge < -0.3 is 5.32 Å². The maximum Gasteiger partial charge on any atom is 0.262 e. The normalized spacial score (nSPS) is 11.8. The number of nitrogens with one attached hydrogen (secondary N) is 1. The van der Waals surface area contributed by atoms with Crippen molar-refractivity contribution in [3.05, 3.63) is 21.3 Å². The topological polar surface area (TPSA) is 29.1 Å². The molecule has 1 rings (SSSR count). The first-order valence-electron chi connectivity index (χ1n) is 4.19. The molecule has 0 radical (unpaired) electrons. The van der Waals surface area contributed by atoms with Crippen molar-refractivity contribution in [2.24, 2.45) is 0 Å². The van der Waals surface area contributed by atoms with E-state index in [9.17, 15) is 4.79 Å². The van der Waals surface area contributed by atoms with E-state index in [2.05, 4.69) is 11.2 Å². The molecule has 1 N–H and O–H groups in total. The number of halogens is 1. The Morgan fingerprint density at radius 1 is 1.79 bits per heavy atom. The average Bonchev–Trinajstić information content (AvgIpc) is 2.61. The summed E-state index contributed by atoms with van der Waals surface area (Å²) in [4.78, 5) is 12.1. The summed E-state index contributed by atoms with van der Waals surface area (Å²) in [6, 6.07) is 3.17. The molecule has 4 heteroatoms. The minimum absolute atomic E-state index is 0.160. The molecule has 0 aromatic carbocycles. The number of rotatable bonds is 3. The monoisotopic (exact) mass is 227 g/mol. The van der Waals surface area contributed by atoms with Crippen molar-refractivity contribution in [1.82, 2.24) is 5.32 Å². The van der Waals surface area contributed by atoms with E-state index in [0.717, 1.165) is 6.42 Å². The highest BCUT2D eigenvalue weighted by molar-refractivity contribution is 7.17. The SMILES string of the molecule is C#CC(CC)NC(=O)c1ccc(Cl)s1. The molecule has 2 nitrogen and oxygen atoms in total. The van der Waals surface area contributed by atoms with Gasteiger partial charge in [-0.2, -0.15) is 0 Å². The smallest absolute Gasteiger partial charge is 0.262 e. The Labute approximate surface area is 92.3 Å². The van der Waals surface area contributed by atoms with Crippen molar-refractivity contribution < 1.29 is 4.79 Å². The van der Waals surface area contributed by atoms with Gasteiger partial charge in [-0.25, -0.2) is 0 Å². The Bertz CT molecular complexity index is 366. The first kappa shape index (κ1) is 11.1. The minimum atomic E-state index is -0.205. The summed E-state index contributed by atoms with van der Waals surface area (Å²) < 4.78 is 0.601. The van der Waals surface area contributed by atoms with E-state index < -0.39 is 0 Å².